The summed E-state index contributed by atoms with van der Waals surface area (Å²) in [5.74, 6) is 1.20. The van der Waals surface area contributed by atoms with Gasteiger partial charge in [-0.1, -0.05) is 33.8 Å². The summed E-state index contributed by atoms with van der Waals surface area (Å²) in [4.78, 5) is 4.75. The molecule has 0 bridgehead atoms. The van der Waals surface area contributed by atoms with E-state index >= 15 is 0 Å². The largest absolute Gasteiger partial charge is 0.291 e. The summed E-state index contributed by atoms with van der Waals surface area (Å²) < 4.78 is 0. The minimum absolute atomic E-state index is 0.247. The van der Waals surface area contributed by atoms with Gasteiger partial charge < -0.3 is 0 Å². The Hall–Kier alpha value is -0.160. The number of hydrogen-bond donors (Lipinski definition) is 0. The van der Waals surface area contributed by atoms with Crippen molar-refractivity contribution in [3.05, 3.63) is 12.7 Å². The van der Waals surface area contributed by atoms with Crippen LogP contribution in [0.4, 0.5) is 0 Å². The van der Waals surface area contributed by atoms with Gasteiger partial charge in [-0.25, -0.2) is 0 Å². The van der Waals surface area contributed by atoms with Crippen LogP contribution in [0.15, 0.2) is 17.6 Å². The monoisotopic (exact) mass is 241 g/mol. The summed E-state index contributed by atoms with van der Waals surface area (Å²) in [6.07, 6.45) is 2.81. The van der Waals surface area contributed by atoms with Gasteiger partial charge in [-0.2, -0.15) is 0 Å². The third-order valence-electron chi connectivity index (χ3n) is 3.81. The molecule has 0 saturated heterocycles. The van der Waals surface area contributed by atoms with Crippen LogP contribution in [-0.4, -0.2) is 16.9 Å². The molecule has 0 aromatic carbocycles. The summed E-state index contributed by atoms with van der Waals surface area (Å²) >= 11 is 0. The maximum Gasteiger partial charge on any atom is 0.0504 e. The van der Waals surface area contributed by atoms with Gasteiger partial charge in [0.25, 0.3) is 0 Å². The van der Waals surface area contributed by atoms with Gasteiger partial charge in [-0.15, -0.1) is 15.8 Å². The molecule has 0 N–H and O–H groups in total. The molecule has 0 aliphatic rings. The first-order valence-electron chi connectivity index (χ1n) is 6.16. The summed E-state index contributed by atoms with van der Waals surface area (Å²) in [5, 5.41) is 0.247. The molecular formula is C14H28NP. The van der Waals surface area contributed by atoms with Crippen molar-refractivity contribution in [2.45, 2.75) is 59.2 Å². The second-order valence-corrected chi connectivity index (χ2v) is 6.65. The zero-order chi connectivity index (χ0) is 12.9. The van der Waals surface area contributed by atoms with Gasteiger partial charge in [0, 0.05) is 12.1 Å². The number of hydrogen-bond acceptors (Lipinski definition) is 1. The fourth-order valence-corrected chi connectivity index (χ4v) is 2.05. The predicted octanol–water partition coefficient (Wildman–Crippen LogP) is 4.34. The predicted molar refractivity (Wildman–Crippen MR) is 79.5 cm³/mol. The number of rotatable bonds is 6. The van der Waals surface area contributed by atoms with E-state index in [0.29, 0.717) is 17.9 Å². The van der Waals surface area contributed by atoms with Crippen LogP contribution < -0.4 is 0 Å². The fourth-order valence-electron chi connectivity index (χ4n) is 1.77. The van der Waals surface area contributed by atoms with Crippen LogP contribution in [0.2, 0.25) is 0 Å². The van der Waals surface area contributed by atoms with E-state index in [1.165, 1.54) is 5.71 Å². The zero-order valence-electron chi connectivity index (χ0n) is 11.7. The van der Waals surface area contributed by atoms with Gasteiger partial charge >= 0.3 is 0 Å². The summed E-state index contributed by atoms with van der Waals surface area (Å²) in [6.45, 7) is 17.2. The molecule has 0 fully saturated rings. The van der Waals surface area contributed by atoms with Crippen molar-refractivity contribution in [2.24, 2.45) is 16.8 Å². The number of nitrogens with zero attached hydrogens (tertiary/aromatic N) is 1. The molecule has 0 radical (unpaired) electrons. The van der Waals surface area contributed by atoms with Crippen LogP contribution in [0.25, 0.3) is 0 Å². The van der Waals surface area contributed by atoms with Gasteiger partial charge in [0.05, 0.1) is 6.04 Å². The van der Waals surface area contributed by atoms with Crippen LogP contribution in [0, 0.1) is 11.8 Å². The quantitative estimate of drug-likeness (QED) is 0.373. The van der Waals surface area contributed by atoms with Crippen molar-refractivity contribution in [1.29, 1.82) is 0 Å². The molecule has 0 rings (SSSR count). The SMILES string of the molecule is C=CC/C(C)=N\C(C)C(C)C(C)(P)C(C)C. The Balaban J connectivity index is 4.67. The Morgan fingerprint density at radius 1 is 1.38 bits per heavy atom. The maximum absolute atomic E-state index is 4.75. The number of allylic oxidation sites excluding steroid dienone is 1. The summed E-state index contributed by atoms with van der Waals surface area (Å²) in [7, 11) is 3.01. The van der Waals surface area contributed by atoms with Crippen LogP contribution in [0.3, 0.4) is 0 Å². The Morgan fingerprint density at radius 2 is 1.88 bits per heavy atom. The Morgan fingerprint density at radius 3 is 2.25 bits per heavy atom. The topological polar surface area (TPSA) is 12.4 Å². The van der Waals surface area contributed by atoms with Gasteiger partial charge in [0.2, 0.25) is 0 Å². The highest BCUT2D eigenvalue weighted by atomic mass is 31.0. The standard InChI is InChI=1S/C14H28NP/c1-8-9-11(4)15-13(6)12(5)14(7,16)10(2)3/h8,10,12-13H,1,9,16H2,2-7H3/b15-11-. The van der Waals surface area contributed by atoms with Crippen molar-refractivity contribution in [1.82, 2.24) is 0 Å². The van der Waals surface area contributed by atoms with Crippen LogP contribution in [0.5, 0.6) is 0 Å². The highest BCUT2D eigenvalue weighted by Gasteiger charge is 2.32. The first kappa shape index (κ1) is 15.8. The average molecular weight is 241 g/mol. The molecule has 4 atom stereocenters. The van der Waals surface area contributed by atoms with Crippen molar-refractivity contribution in [2.75, 3.05) is 0 Å². The van der Waals surface area contributed by atoms with Crippen molar-refractivity contribution < 1.29 is 0 Å². The van der Waals surface area contributed by atoms with Crippen LogP contribution >= 0.6 is 9.24 Å². The second-order valence-electron chi connectivity index (χ2n) is 5.41. The molecule has 0 amide bonds. The first-order valence-corrected chi connectivity index (χ1v) is 6.74. The minimum atomic E-state index is 0.247. The highest BCUT2D eigenvalue weighted by Crippen LogP contribution is 2.37. The summed E-state index contributed by atoms with van der Waals surface area (Å²) in [5.41, 5.74) is 1.18. The third kappa shape index (κ3) is 4.37. The van der Waals surface area contributed by atoms with Gasteiger partial charge in [-0.3, -0.25) is 4.99 Å². The lowest BCUT2D eigenvalue weighted by atomic mass is 9.81. The van der Waals surface area contributed by atoms with Crippen molar-refractivity contribution in [3.63, 3.8) is 0 Å². The van der Waals surface area contributed by atoms with Gasteiger partial charge in [0.1, 0.15) is 0 Å². The molecule has 0 heterocycles. The second kappa shape index (κ2) is 6.55. The van der Waals surface area contributed by atoms with E-state index in [1.54, 1.807) is 0 Å². The van der Waals surface area contributed by atoms with E-state index in [4.69, 9.17) is 4.99 Å². The summed E-state index contributed by atoms with van der Waals surface area (Å²) in [6, 6.07) is 0.366. The molecule has 0 aliphatic carbocycles. The molecule has 0 aromatic heterocycles. The highest BCUT2D eigenvalue weighted by molar-refractivity contribution is 7.19. The lowest BCUT2D eigenvalue weighted by molar-refractivity contribution is 0.304. The lowest BCUT2D eigenvalue weighted by Gasteiger charge is -2.38. The van der Waals surface area contributed by atoms with E-state index in [1.807, 2.05) is 6.08 Å². The van der Waals surface area contributed by atoms with Crippen LogP contribution in [-0.2, 0) is 0 Å². The van der Waals surface area contributed by atoms with Crippen LogP contribution in [0.1, 0.15) is 48.0 Å². The molecule has 2 heteroatoms. The molecule has 94 valence electrons. The molecular weight excluding hydrogens is 213 g/mol. The number of aliphatic imine (C=N–C) groups is 1. The Kier molecular flexibility index (Phi) is 6.48. The minimum Gasteiger partial charge on any atom is -0.291 e. The third-order valence-corrected chi connectivity index (χ3v) is 5.00. The lowest BCUT2D eigenvalue weighted by Crippen LogP contribution is -2.37. The Labute approximate surface area is 104 Å². The van der Waals surface area contributed by atoms with E-state index in [0.717, 1.165) is 6.42 Å². The molecule has 0 aromatic rings. The van der Waals surface area contributed by atoms with E-state index in [2.05, 4.69) is 57.4 Å². The molecule has 4 unspecified atom stereocenters. The molecule has 0 aliphatic heterocycles. The smallest absolute Gasteiger partial charge is 0.0504 e. The van der Waals surface area contributed by atoms with E-state index in [-0.39, 0.29) is 5.16 Å². The zero-order valence-corrected chi connectivity index (χ0v) is 12.9. The van der Waals surface area contributed by atoms with E-state index < -0.39 is 0 Å². The Bertz CT molecular complexity index is 253. The van der Waals surface area contributed by atoms with Crippen molar-refractivity contribution >= 4 is 15.0 Å². The first-order chi connectivity index (χ1) is 7.23. The molecule has 0 saturated carbocycles. The maximum atomic E-state index is 4.75. The van der Waals surface area contributed by atoms with Crippen molar-refractivity contribution in [3.8, 4) is 0 Å². The van der Waals surface area contributed by atoms with Gasteiger partial charge in [0.15, 0.2) is 0 Å². The normalized spacial score (nSPS) is 20.4. The van der Waals surface area contributed by atoms with Gasteiger partial charge in [-0.05, 0) is 30.8 Å². The fraction of sp³-hybridized carbons (Fsp3) is 0.786. The average Bonchev–Trinajstić information content (AvgIpc) is 2.16. The van der Waals surface area contributed by atoms with E-state index in [9.17, 15) is 0 Å². The molecule has 16 heavy (non-hydrogen) atoms. The molecule has 1 nitrogen and oxygen atoms in total. The molecule has 0 spiro atoms.